The molecule has 2 atom stereocenters. The molecule has 4 heteroatoms. The molecule has 2 unspecified atom stereocenters. The number of rotatable bonds is 8. The number of hydrogen-bond acceptors (Lipinski definition) is 3. The molecule has 0 aliphatic rings. The van der Waals surface area contributed by atoms with E-state index in [4.69, 9.17) is 5.11 Å². The van der Waals surface area contributed by atoms with Gasteiger partial charge in [0.2, 0.25) is 0 Å². The van der Waals surface area contributed by atoms with Crippen molar-refractivity contribution in [3.8, 4) is 0 Å². The van der Waals surface area contributed by atoms with Crippen molar-refractivity contribution in [2.45, 2.75) is 45.7 Å². The molecule has 0 fully saturated rings. The average molecular weight is 230 g/mol. The molecule has 4 nitrogen and oxygen atoms in total. The highest BCUT2D eigenvalue weighted by Crippen LogP contribution is 2.08. The Balaban J connectivity index is 4.14. The zero-order valence-electron chi connectivity index (χ0n) is 11.2. The lowest BCUT2D eigenvalue weighted by Crippen LogP contribution is -2.45. The smallest absolute Gasteiger partial charge is 0.320 e. The van der Waals surface area contributed by atoms with Crippen LogP contribution in [0.25, 0.3) is 0 Å². The van der Waals surface area contributed by atoms with E-state index in [-0.39, 0.29) is 0 Å². The van der Waals surface area contributed by atoms with Crippen LogP contribution in [0.1, 0.15) is 33.6 Å². The first-order chi connectivity index (χ1) is 7.38. The lowest BCUT2D eigenvalue weighted by molar-refractivity contribution is -0.139. The molecule has 16 heavy (non-hydrogen) atoms. The Labute approximate surface area is 99.0 Å². The SMILES string of the molecule is CCC(NCC(CC(C)C)N(C)C)C(=O)O. The Hall–Kier alpha value is -0.610. The van der Waals surface area contributed by atoms with E-state index in [0.29, 0.717) is 18.4 Å². The number of aliphatic carboxylic acids is 1. The van der Waals surface area contributed by atoms with Gasteiger partial charge in [-0.25, -0.2) is 0 Å². The van der Waals surface area contributed by atoms with Crippen LogP contribution in [0, 0.1) is 5.92 Å². The highest BCUT2D eigenvalue weighted by atomic mass is 16.4. The number of hydrogen-bond donors (Lipinski definition) is 2. The molecular formula is C12H26N2O2. The van der Waals surface area contributed by atoms with Gasteiger partial charge in [-0.15, -0.1) is 0 Å². The first-order valence-electron chi connectivity index (χ1n) is 6.01. The summed E-state index contributed by atoms with van der Waals surface area (Å²) in [5.41, 5.74) is 0. The monoisotopic (exact) mass is 230 g/mol. The van der Waals surface area contributed by atoms with Crippen molar-refractivity contribution in [3.63, 3.8) is 0 Å². The van der Waals surface area contributed by atoms with E-state index in [2.05, 4.69) is 24.1 Å². The molecule has 0 saturated carbocycles. The van der Waals surface area contributed by atoms with Crippen molar-refractivity contribution in [3.05, 3.63) is 0 Å². The number of nitrogens with zero attached hydrogens (tertiary/aromatic N) is 1. The first-order valence-corrected chi connectivity index (χ1v) is 6.01. The summed E-state index contributed by atoms with van der Waals surface area (Å²) in [5, 5.41) is 12.0. The summed E-state index contributed by atoms with van der Waals surface area (Å²) in [6.45, 7) is 6.99. The number of likely N-dealkylation sites (N-methyl/N-ethyl adjacent to an activating group) is 1. The highest BCUT2D eigenvalue weighted by Gasteiger charge is 2.18. The number of carbonyl (C=O) groups is 1. The predicted molar refractivity (Wildman–Crippen MR) is 66.6 cm³/mol. The fourth-order valence-corrected chi connectivity index (χ4v) is 1.71. The van der Waals surface area contributed by atoms with Crippen molar-refractivity contribution >= 4 is 5.97 Å². The minimum Gasteiger partial charge on any atom is -0.480 e. The number of carboxylic acids is 1. The molecule has 0 heterocycles. The maximum atomic E-state index is 10.9. The quantitative estimate of drug-likeness (QED) is 0.662. The van der Waals surface area contributed by atoms with Gasteiger partial charge < -0.3 is 15.3 Å². The van der Waals surface area contributed by atoms with Crippen LogP contribution in [0.5, 0.6) is 0 Å². The maximum absolute atomic E-state index is 10.9. The zero-order chi connectivity index (χ0) is 12.7. The van der Waals surface area contributed by atoms with E-state index in [9.17, 15) is 4.79 Å². The van der Waals surface area contributed by atoms with E-state index < -0.39 is 12.0 Å². The van der Waals surface area contributed by atoms with Gasteiger partial charge in [0.15, 0.2) is 0 Å². The standard InChI is InChI=1S/C12H26N2O2/c1-6-11(12(15)16)13-8-10(14(4)5)7-9(2)3/h9-11,13H,6-8H2,1-5H3,(H,15,16). The summed E-state index contributed by atoms with van der Waals surface area (Å²) in [7, 11) is 4.08. The molecule has 0 aromatic heterocycles. The summed E-state index contributed by atoms with van der Waals surface area (Å²) in [4.78, 5) is 13.0. The molecule has 0 aromatic carbocycles. The molecule has 0 bridgehead atoms. The highest BCUT2D eigenvalue weighted by molar-refractivity contribution is 5.73. The van der Waals surface area contributed by atoms with Crippen LogP contribution in [0.15, 0.2) is 0 Å². The third kappa shape index (κ3) is 6.08. The minimum atomic E-state index is -0.760. The van der Waals surface area contributed by atoms with Crippen LogP contribution in [0.3, 0.4) is 0 Å². The molecule has 0 rings (SSSR count). The molecule has 0 amide bonds. The summed E-state index contributed by atoms with van der Waals surface area (Å²) in [6, 6.07) is -0.0250. The maximum Gasteiger partial charge on any atom is 0.320 e. The van der Waals surface area contributed by atoms with Crippen molar-refractivity contribution in [1.82, 2.24) is 10.2 Å². The second kappa shape index (κ2) is 7.63. The van der Waals surface area contributed by atoms with Gasteiger partial charge in [0.05, 0.1) is 0 Å². The molecule has 96 valence electrons. The normalized spacial score (nSPS) is 15.4. The Morgan fingerprint density at radius 3 is 2.25 bits per heavy atom. The van der Waals surface area contributed by atoms with Crippen LogP contribution in [-0.2, 0) is 4.79 Å². The Morgan fingerprint density at radius 2 is 1.94 bits per heavy atom. The van der Waals surface area contributed by atoms with Crippen molar-refractivity contribution in [1.29, 1.82) is 0 Å². The molecule has 0 aliphatic heterocycles. The van der Waals surface area contributed by atoms with Crippen LogP contribution >= 0.6 is 0 Å². The van der Waals surface area contributed by atoms with Gasteiger partial charge in [-0.3, -0.25) is 4.79 Å². The molecule has 0 aliphatic carbocycles. The van der Waals surface area contributed by atoms with Gasteiger partial charge in [0.1, 0.15) is 6.04 Å². The Kier molecular flexibility index (Phi) is 7.34. The van der Waals surface area contributed by atoms with Crippen molar-refractivity contribution < 1.29 is 9.90 Å². The first kappa shape index (κ1) is 15.4. The molecule has 0 aromatic rings. The molecule has 0 spiro atoms. The predicted octanol–water partition coefficient (Wildman–Crippen LogP) is 1.42. The molecular weight excluding hydrogens is 204 g/mol. The van der Waals surface area contributed by atoms with E-state index in [1.165, 1.54) is 0 Å². The lowest BCUT2D eigenvalue weighted by Gasteiger charge is -2.27. The topological polar surface area (TPSA) is 52.6 Å². The van der Waals surface area contributed by atoms with E-state index >= 15 is 0 Å². The summed E-state index contributed by atoms with van der Waals surface area (Å²) in [5.74, 6) is -0.136. The molecule has 0 radical (unpaired) electrons. The van der Waals surface area contributed by atoms with Crippen LogP contribution in [-0.4, -0.2) is 48.7 Å². The van der Waals surface area contributed by atoms with Crippen LogP contribution in [0.4, 0.5) is 0 Å². The Bertz CT molecular complexity index is 205. The van der Waals surface area contributed by atoms with Gasteiger partial charge in [-0.2, -0.15) is 0 Å². The van der Waals surface area contributed by atoms with Crippen LogP contribution < -0.4 is 5.32 Å². The third-order valence-electron chi connectivity index (χ3n) is 2.78. The van der Waals surface area contributed by atoms with Crippen molar-refractivity contribution in [2.75, 3.05) is 20.6 Å². The fourth-order valence-electron chi connectivity index (χ4n) is 1.71. The van der Waals surface area contributed by atoms with Gasteiger partial charge in [-0.05, 0) is 32.9 Å². The van der Waals surface area contributed by atoms with Gasteiger partial charge in [0.25, 0.3) is 0 Å². The molecule has 2 N–H and O–H groups in total. The van der Waals surface area contributed by atoms with E-state index in [1.807, 2.05) is 21.0 Å². The third-order valence-corrected chi connectivity index (χ3v) is 2.78. The number of nitrogens with one attached hydrogen (secondary N) is 1. The van der Waals surface area contributed by atoms with E-state index in [0.717, 1.165) is 13.0 Å². The summed E-state index contributed by atoms with van der Waals surface area (Å²) < 4.78 is 0. The van der Waals surface area contributed by atoms with E-state index in [1.54, 1.807) is 0 Å². The minimum absolute atomic E-state index is 0.397. The number of carboxylic acid groups (broad SMARTS) is 1. The van der Waals surface area contributed by atoms with Gasteiger partial charge in [-0.1, -0.05) is 20.8 Å². The average Bonchev–Trinajstić information content (AvgIpc) is 2.15. The van der Waals surface area contributed by atoms with Crippen molar-refractivity contribution in [2.24, 2.45) is 5.92 Å². The largest absolute Gasteiger partial charge is 0.480 e. The summed E-state index contributed by atoms with van der Waals surface area (Å²) >= 11 is 0. The lowest BCUT2D eigenvalue weighted by atomic mass is 10.0. The second-order valence-corrected chi connectivity index (χ2v) is 4.95. The van der Waals surface area contributed by atoms with Crippen LogP contribution in [0.2, 0.25) is 0 Å². The Morgan fingerprint density at radius 1 is 1.38 bits per heavy atom. The molecule has 0 saturated heterocycles. The second-order valence-electron chi connectivity index (χ2n) is 4.95. The zero-order valence-corrected chi connectivity index (χ0v) is 11.2. The fraction of sp³-hybridized carbons (Fsp3) is 0.917. The van der Waals surface area contributed by atoms with Gasteiger partial charge >= 0.3 is 5.97 Å². The van der Waals surface area contributed by atoms with Gasteiger partial charge in [0, 0.05) is 12.6 Å². The summed E-state index contributed by atoms with van der Waals surface area (Å²) in [6.07, 6.45) is 1.70.